The van der Waals surface area contributed by atoms with Crippen LogP contribution in [-0.4, -0.2) is 23.9 Å². The molecule has 1 aliphatic rings. The molecule has 5 heteroatoms. The minimum Gasteiger partial charge on any atom is -0.397 e. The summed E-state index contributed by atoms with van der Waals surface area (Å²) in [5.41, 5.74) is 6.61. The summed E-state index contributed by atoms with van der Waals surface area (Å²) in [7, 11) is 1.85. The number of carbonyl (C=O) groups excluding carboxylic acids is 1. The van der Waals surface area contributed by atoms with Gasteiger partial charge in [0.05, 0.1) is 15.7 Å². The molecular formula is C15H20Cl2N2O. The van der Waals surface area contributed by atoms with E-state index < -0.39 is 0 Å². The zero-order valence-corrected chi connectivity index (χ0v) is 13.3. The Labute approximate surface area is 130 Å². The fourth-order valence-electron chi connectivity index (χ4n) is 2.73. The second-order valence-electron chi connectivity index (χ2n) is 5.69. The van der Waals surface area contributed by atoms with Crippen molar-refractivity contribution in [3.8, 4) is 0 Å². The maximum Gasteiger partial charge on any atom is 0.253 e. The zero-order chi connectivity index (χ0) is 14.9. The summed E-state index contributed by atoms with van der Waals surface area (Å²) in [4.78, 5) is 14.3. The van der Waals surface area contributed by atoms with Gasteiger partial charge in [0, 0.05) is 18.7 Å². The van der Waals surface area contributed by atoms with E-state index in [2.05, 4.69) is 6.92 Å². The van der Waals surface area contributed by atoms with Crippen LogP contribution in [0, 0.1) is 5.92 Å². The Kier molecular flexibility index (Phi) is 4.82. The summed E-state index contributed by atoms with van der Waals surface area (Å²) in [6.07, 6.45) is 4.46. The summed E-state index contributed by atoms with van der Waals surface area (Å²) in [6, 6.07) is 3.48. The number of nitrogens with two attached hydrogens (primary N) is 1. The lowest BCUT2D eigenvalue weighted by Crippen LogP contribution is -2.39. The Bertz CT molecular complexity index is 488. The molecular weight excluding hydrogens is 295 g/mol. The molecule has 1 aromatic rings. The Morgan fingerprint density at radius 2 is 1.85 bits per heavy atom. The van der Waals surface area contributed by atoms with Crippen LogP contribution in [0.25, 0.3) is 0 Å². The lowest BCUT2D eigenvalue weighted by atomic mass is 9.86. The average Bonchev–Trinajstić information content (AvgIpc) is 2.43. The second-order valence-corrected chi connectivity index (χ2v) is 6.48. The van der Waals surface area contributed by atoms with Crippen LogP contribution in [0.15, 0.2) is 12.1 Å². The van der Waals surface area contributed by atoms with E-state index in [1.807, 2.05) is 11.9 Å². The van der Waals surface area contributed by atoms with Crippen LogP contribution < -0.4 is 5.73 Å². The van der Waals surface area contributed by atoms with E-state index in [4.69, 9.17) is 28.9 Å². The third kappa shape index (κ3) is 3.21. The van der Waals surface area contributed by atoms with Crippen LogP contribution in [0.3, 0.4) is 0 Å². The predicted molar refractivity (Wildman–Crippen MR) is 84.4 cm³/mol. The molecule has 1 aromatic carbocycles. The van der Waals surface area contributed by atoms with Gasteiger partial charge in [-0.05, 0) is 43.7 Å². The van der Waals surface area contributed by atoms with Crippen molar-refractivity contribution in [3.63, 3.8) is 0 Å². The van der Waals surface area contributed by atoms with E-state index in [1.165, 1.54) is 12.8 Å². The van der Waals surface area contributed by atoms with E-state index >= 15 is 0 Å². The van der Waals surface area contributed by atoms with Gasteiger partial charge < -0.3 is 10.6 Å². The number of halogens is 2. The first kappa shape index (κ1) is 15.5. The summed E-state index contributed by atoms with van der Waals surface area (Å²) < 4.78 is 0. The number of hydrogen-bond donors (Lipinski definition) is 1. The molecule has 0 radical (unpaired) electrons. The molecule has 0 aromatic heterocycles. The molecule has 110 valence electrons. The van der Waals surface area contributed by atoms with Gasteiger partial charge in [-0.3, -0.25) is 4.79 Å². The minimum absolute atomic E-state index is 0.0465. The number of nitrogens with zero attached hydrogens (tertiary/aromatic N) is 1. The molecule has 2 N–H and O–H groups in total. The molecule has 0 atom stereocenters. The fraction of sp³-hybridized carbons (Fsp3) is 0.533. The molecule has 2 rings (SSSR count). The third-order valence-corrected chi connectivity index (χ3v) is 4.97. The van der Waals surface area contributed by atoms with Crippen LogP contribution in [0.5, 0.6) is 0 Å². The zero-order valence-electron chi connectivity index (χ0n) is 11.8. The standard InChI is InChI=1S/C15H20Cl2N2O/c1-9-3-5-11(6-4-9)19(2)15(20)10-7-12(16)14(17)13(18)8-10/h7-9,11H,3-6,18H2,1-2H3. The Morgan fingerprint density at radius 1 is 1.25 bits per heavy atom. The van der Waals surface area contributed by atoms with Crippen LogP contribution in [-0.2, 0) is 0 Å². The number of amides is 1. The van der Waals surface area contributed by atoms with Gasteiger partial charge >= 0.3 is 0 Å². The van der Waals surface area contributed by atoms with Gasteiger partial charge in [0.15, 0.2) is 0 Å². The van der Waals surface area contributed by atoms with Gasteiger partial charge in [-0.25, -0.2) is 0 Å². The van der Waals surface area contributed by atoms with Gasteiger partial charge in [-0.15, -0.1) is 0 Å². The van der Waals surface area contributed by atoms with Crippen molar-refractivity contribution in [2.24, 2.45) is 5.92 Å². The highest BCUT2D eigenvalue weighted by atomic mass is 35.5. The average molecular weight is 315 g/mol. The summed E-state index contributed by atoms with van der Waals surface area (Å²) >= 11 is 11.9. The predicted octanol–water partition coefficient (Wildman–Crippen LogP) is 4.23. The fourth-order valence-corrected chi connectivity index (χ4v) is 3.07. The first-order valence-electron chi connectivity index (χ1n) is 6.91. The van der Waals surface area contributed by atoms with Gasteiger partial charge in [0.2, 0.25) is 0 Å². The van der Waals surface area contributed by atoms with E-state index in [-0.39, 0.29) is 5.91 Å². The van der Waals surface area contributed by atoms with Gasteiger partial charge in [0.25, 0.3) is 5.91 Å². The highest BCUT2D eigenvalue weighted by Gasteiger charge is 2.26. The van der Waals surface area contributed by atoms with Gasteiger partial charge in [-0.2, -0.15) is 0 Å². The molecule has 3 nitrogen and oxygen atoms in total. The molecule has 0 unspecified atom stereocenters. The molecule has 1 amide bonds. The smallest absolute Gasteiger partial charge is 0.253 e. The number of rotatable bonds is 2. The van der Waals surface area contributed by atoms with Crippen LogP contribution in [0.1, 0.15) is 43.0 Å². The summed E-state index contributed by atoms with van der Waals surface area (Å²) in [5, 5.41) is 0.623. The summed E-state index contributed by atoms with van der Waals surface area (Å²) in [6.45, 7) is 2.26. The van der Waals surface area contributed by atoms with Gasteiger partial charge in [0.1, 0.15) is 0 Å². The lowest BCUT2D eigenvalue weighted by molar-refractivity contribution is 0.0679. The molecule has 1 saturated carbocycles. The topological polar surface area (TPSA) is 46.3 Å². The molecule has 1 fully saturated rings. The van der Waals surface area contributed by atoms with E-state index in [9.17, 15) is 4.79 Å². The maximum atomic E-state index is 12.5. The maximum absolute atomic E-state index is 12.5. The van der Waals surface area contributed by atoms with Crippen molar-refractivity contribution < 1.29 is 4.79 Å². The molecule has 20 heavy (non-hydrogen) atoms. The molecule has 0 saturated heterocycles. The van der Waals surface area contributed by atoms with Crippen molar-refractivity contribution >= 4 is 34.8 Å². The number of benzene rings is 1. The Morgan fingerprint density at radius 3 is 2.40 bits per heavy atom. The summed E-state index contributed by atoms with van der Waals surface area (Å²) in [5.74, 6) is 0.713. The first-order valence-corrected chi connectivity index (χ1v) is 7.67. The molecule has 0 heterocycles. The number of hydrogen-bond acceptors (Lipinski definition) is 2. The second kappa shape index (κ2) is 6.23. The molecule has 0 aliphatic heterocycles. The Balaban J connectivity index is 2.14. The molecule has 1 aliphatic carbocycles. The van der Waals surface area contributed by atoms with Crippen LogP contribution >= 0.6 is 23.2 Å². The van der Waals surface area contributed by atoms with Crippen molar-refractivity contribution in [2.75, 3.05) is 12.8 Å². The van der Waals surface area contributed by atoms with Crippen molar-refractivity contribution in [2.45, 2.75) is 38.6 Å². The van der Waals surface area contributed by atoms with E-state index in [0.29, 0.717) is 27.3 Å². The minimum atomic E-state index is -0.0465. The van der Waals surface area contributed by atoms with Crippen LogP contribution in [0.4, 0.5) is 5.69 Å². The SMILES string of the molecule is CC1CCC(N(C)C(=O)c2cc(N)c(Cl)c(Cl)c2)CC1. The normalized spacial score (nSPS) is 22.6. The van der Waals surface area contributed by atoms with Gasteiger partial charge in [-0.1, -0.05) is 30.1 Å². The number of anilines is 1. The van der Waals surface area contributed by atoms with Crippen molar-refractivity contribution in [1.82, 2.24) is 4.90 Å². The molecule has 0 bridgehead atoms. The first-order chi connectivity index (χ1) is 9.40. The Hall–Kier alpha value is -0.930. The largest absolute Gasteiger partial charge is 0.397 e. The quantitative estimate of drug-likeness (QED) is 0.830. The lowest BCUT2D eigenvalue weighted by Gasteiger charge is -2.33. The van der Waals surface area contributed by atoms with Crippen molar-refractivity contribution in [3.05, 3.63) is 27.7 Å². The molecule has 0 spiro atoms. The monoisotopic (exact) mass is 314 g/mol. The van der Waals surface area contributed by atoms with E-state index in [1.54, 1.807) is 12.1 Å². The van der Waals surface area contributed by atoms with E-state index in [0.717, 1.165) is 18.8 Å². The highest BCUT2D eigenvalue weighted by molar-refractivity contribution is 6.43. The number of carbonyl (C=O) groups is 1. The van der Waals surface area contributed by atoms with Crippen LogP contribution in [0.2, 0.25) is 10.0 Å². The highest BCUT2D eigenvalue weighted by Crippen LogP contribution is 2.31. The third-order valence-electron chi connectivity index (χ3n) is 4.16. The van der Waals surface area contributed by atoms with Crippen molar-refractivity contribution in [1.29, 1.82) is 0 Å². The number of nitrogen functional groups attached to an aromatic ring is 1.